The Labute approximate surface area is 107 Å². The van der Waals surface area contributed by atoms with Crippen molar-refractivity contribution in [3.05, 3.63) is 23.8 Å². The molecule has 5 nitrogen and oxygen atoms in total. The van der Waals surface area contributed by atoms with Crippen molar-refractivity contribution in [2.45, 2.75) is 19.8 Å². The summed E-state index contributed by atoms with van der Waals surface area (Å²) in [5.74, 6) is -0.761. The van der Waals surface area contributed by atoms with Crippen LogP contribution in [0.1, 0.15) is 30.1 Å². The molecule has 0 saturated heterocycles. The van der Waals surface area contributed by atoms with Gasteiger partial charge in [-0.15, -0.1) is 0 Å². The van der Waals surface area contributed by atoms with Gasteiger partial charge < -0.3 is 20.8 Å². The number of phenolic OH excluding ortho intramolecular Hbond substituents is 2. The molecule has 0 radical (unpaired) electrons. The minimum Gasteiger partial charge on any atom is -0.507 e. The van der Waals surface area contributed by atoms with E-state index in [4.69, 9.17) is 5.73 Å². The van der Waals surface area contributed by atoms with E-state index < -0.39 is 0 Å². The first-order chi connectivity index (χ1) is 8.61. The molecule has 4 N–H and O–H groups in total. The number of hydrogen-bond acceptors (Lipinski definition) is 4. The van der Waals surface area contributed by atoms with Crippen molar-refractivity contribution in [3.8, 4) is 11.5 Å². The van der Waals surface area contributed by atoms with Gasteiger partial charge in [0.15, 0.2) is 0 Å². The molecule has 0 aliphatic heterocycles. The molecule has 0 atom stereocenters. The van der Waals surface area contributed by atoms with Crippen molar-refractivity contribution in [1.82, 2.24) is 4.90 Å². The summed E-state index contributed by atoms with van der Waals surface area (Å²) in [5, 5.41) is 19.3. The van der Waals surface area contributed by atoms with E-state index in [2.05, 4.69) is 0 Å². The Morgan fingerprint density at radius 2 is 1.89 bits per heavy atom. The number of amides is 1. The summed E-state index contributed by atoms with van der Waals surface area (Å²) in [6.45, 7) is 3.57. The van der Waals surface area contributed by atoms with E-state index in [1.165, 1.54) is 18.2 Å². The van der Waals surface area contributed by atoms with E-state index in [0.717, 1.165) is 6.42 Å². The molecule has 0 spiro atoms. The second-order valence-corrected chi connectivity index (χ2v) is 4.11. The number of rotatable bonds is 6. The van der Waals surface area contributed by atoms with Gasteiger partial charge >= 0.3 is 0 Å². The fraction of sp³-hybridized carbons (Fsp3) is 0.462. The maximum absolute atomic E-state index is 12.2. The molecule has 1 amide bonds. The van der Waals surface area contributed by atoms with Crippen LogP contribution in [0.3, 0.4) is 0 Å². The van der Waals surface area contributed by atoms with Gasteiger partial charge in [0, 0.05) is 13.1 Å². The number of hydrogen-bond donors (Lipinski definition) is 3. The summed E-state index contributed by atoms with van der Waals surface area (Å²) in [7, 11) is 0. The standard InChI is InChI=1S/C13H20N2O3/c1-2-8-15(9-4-7-14)13(18)12-10(16)5-3-6-11(12)17/h3,5-6,16-17H,2,4,7-9,14H2,1H3. The van der Waals surface area contributed by atoms with Gasteiger partial charge in [-0.1, -0.05) is 13.0 Å². The average Bonchev–Trinajstić information content (AvgIpc) is 2.34. The molecule has 0 unspecified atom stereocenters. The summed E-state index contributed by atoms with van der Waals surface area (Å²) in [6.07, 6.45) is 1.50. The van der Waals surface area contributed by atoms with Gasteiger partial charge in [-0.05, 0) is 31.5 Å². The molecule has 5 heteroatoms. The highest BCUT2D eigenvalue weighted by molar-refractivity contribution is 5.99. The van der Waals surface area contributed by atoms with Crippen LogP contribution in [0.4, 0.5) is 0 Å². The third-order valence-corrected chi connectivity index (χ3v) is 2.65. The quantitative estimate of drug-likeness (QED) is 0.712. The minimum atomic E-state index is -0.360. The number of nitrogens with zero attached hydrogens (tertiary/aromatic N) is 1. The lowest BCUT2D eigenvalue weighted by Gasteiger charge is -2.22. The zero-order valence-corrected chi connectivity index (χ0v) is 10.6. The number of nitrogens with two attached hydrogens (primary N) is 1. The van der Waals surface area contributed by atoms with E-state index in [-0.39, 0.29) is 23.0 Å². The Kier molecular flexibility index (Phi) is 5.45. The number of benzene rings is 1. The van der Waals surface area contributed by atoms with Gasteiger partial charge in [0.05, 0.1) is 0 Å². The SMILES string of the molecule is CCCN(CCCN)C(=O)c1c(O)cccc1O. The molecule has 0 aliphatic carbocycles. The summed E-state index contributed by atoms with van der Waals surface area (Å²) in [4.78, 5) is 13.8. The zero-order chi connectivity index (χ0) is 13.5. The van der Waals surface area contributed by atoms with Gasteiger partial charge in [-0.2, -0.15) is 0 Å². The van der Waals surface area contributed by atoms with Crippen LogP contribution in [0.2, 0.25) is 0 Å². The molecule has 100 valence electrons. The first-order valence-corrected chi connectivity index (χ1v) is 6.12. The number of carbonyl (C=O) groups is 1. The molecule has 0 fully saturated rings. The molecule has 0 bridgehead atoms. The minimum absolute atomic E-state index is 0.0389. The molecule has 18 heavy (non-hydrogen) atoms. The summed E-state index contributed by atoms with van der Waals surface area (Å²) in [5.41, 5.74) is 5.40. The van der Waals surface area contributed by atoms with E-state index in [1.807, 2.05) is 6.92 Å². The largest absolute Gasteiger partial charge is 0.507 e. The van der Waals surface area contributed by atoms with E-state index in [9.17, 15) is 15.0 Å². The molecular formula is C13H20N2O3. The van der Waals surface area contributed by atoms with Gasteiger partial charge in [0.1, 0.15) is 17.1 Å². The van der Waals surface area contributed by atoms with Gasteiger partial charge in [-0.3, -0.25) is 4.79 Å². The molecule has 1 aromatic carbocycles. The fourth-order valence-corrected chi connectivity index (χ4v) is 1.77. The molecule has 0 heterocycles. The Bertz CT molecular complexity index is 387. The smallest absolute Gasteiger partial charge is 0.261 e. The third kappa shape index (κ3) is 3.37. The topological polar surface area (TPSA) is 86.8 Å². The van der Waals surface area contributed by atoms with Crippen molar-refractivity contribution in [2.75, 3.05) is 19.6 Å². The van der Waals surface area contributed by atoms with Crippen LogP contribution in [-0.2, 0) is 0 Å². The number of carbonyl (C=O) groups excluding carboxylic acids is 1. The summed E-state index contributed by atoms with van der Waals surface area (Å²) < 4.78 is 0. The first-order valence-electron chi connectivity index (χ1n) is 6.12. The van der Waals surface area contributed by atoms with Crippen LogP contribution in [0.5, 0.6) is 11.5 Å². The normalized spacial score (nSPS) is 10.3. The van der Waals surface area contributed by atoms with Crippen molar-refractivity contribution in [3.63, 3.8) is 0 Å². The Morgan fingerprint density at radius 3 is 2.39 bits per heavy atom. The molecule has 1 rings (SSSR count). The zero-order valence-electron chi connectivity index (χ0n) is 10.6. The molecule has 0 aliphatic rings. The Balaban J connectivity index is 2.94. The second kappa shape index (κ2) is 6.86. The van der Waals surface area contributed by atoms with Gasteiger partial charge in [-0.25, -0.2) is 0 Å². The van der Waals surface area contributed by atoms with Crippen molar-refractivity contribution in [2.24, 2.45) is 5.73 Å². The van der Waals surface area contributed by atoms with Gasteiger partial charge in [0.25, 0.3) is 5.91 Å². The van der Waals surface area contributed by atoms with Crippen LogP contribution < -0.4 is 5.73 Å². The highest BCUT2D eigenvalue weighted by Gasteiger charge is 2.21. The van der Waals surface area contributed by atoms with E-state index >= 15 is 0 Å². The summed E-state index contributed by atoms with van der Waals surface area (Å²) >= 11 is 0. The van der Waals surface area contributed by atoms with Crippen LogP contribution in [0.15, 0.2) is 18.2 Å². The molecule has 0 aromatic heterocycles. The van der Waals surface area contributed by atoms with Crippen molar-refractivity contribution >= 4 is 5.91 Å². The first kappa shape index (κ1) is 14.3. The van der Waals surface area contributed by atoms with Crippen LogP contribution in [-0.4, -0.2) is 40.7 Å². The van der Waals surface area contributed by atoms with Crippen LogP contribution in [0, 0.1) is 0 Å². The van der Waals surface area contributed by atoms with E-state index in [1.54, 1.807) is 4.90 Å². The second-order valence-electron chi connectivity index (χ2n) is 4.11. The lowest BCUT2D eigenvalue weighted by molar-refractivity contribution is 0.0748. The highest BCUT2D eigenvalue weighted by atomic mass is 16.3. The fourth-order valence-electron chi connectivity index (χ4n) is 1.77. The highest BCUT2D eigenvalue weighted by Crippen LogP contribution is 2.27. The van der Waals surface area contributed by atoms with Crippen molar-refractivity contribution < 1.29 is 15.0 Å². The molecular weight excluding hydrogens is 232 g/mol. The van der Waals surface area contributed by atoms with Crippen LogP contribution in [0.25, 0.3) is 0 Å². The lowest BCUT2D eigenvalue weighted by Crippen LogP contribution is -2.33. The Morgan fingerprint density at radius 1 is 1.28 bits per heavy atom. The predicted molar refractivity (Wildman–Crippen MR) is 69.6 cm³/mol. The maximum atomic E-state index is 12.2. The number of phenols is 2. The average molecular weight is 252 g/mol. The Hall–Kier alpha value is -1.75. The summed E-state index contributed by atoms with van der Waals surface area (Å²) in [6, 6.07) is 4.27. The van der Waals surface area contributed by atoms with Crippen molar-refractivity contribution in [1.29, 1.82) is 0 Å². The van der Waals surface area contributed by atoms with E-state index in [0.29, 0.717) is 26.1 Å². The number of aromatic hydroxyl groups is 2. The third-order valence-electron chi connectivity index (χ3n) is 2.65. The van der Waals surface area contributed by atoms with Crippen LogP contribution >= 0.6 is 0 Å². The molecule has 1 aromatic rings. The lowest BCUT2D eigenvalue weighted by atomic mass is 10.1. The monoisotopic (exact) mass is 252 g/mol. The predicted octanol–water partition coefficient (Wildman–Crippen LogP) is 1.30. The molecule has 0 saturated carbocycles. The van der Waals surface area contributed by atoms with Gasteiger partial charge in [0.2, 0.25) is 0 Å². The maximum Gasteiger partial charge on any atom is 0.261 e.